The summed E-state index contributed by atoms with van der Waals surface area (Å²) in [6.07, 6.45) is 3.00. The molecule has 0 aliphatic heterocycles. The number of amides is 1. The molecule has 1 amide bonds. The molecule has 0 heterocycles. The van der Waals surface area contributed by atoms with Crippen molar-refractivity contribution in [1.29, 1.82) is 5.26 Å². The van der Waals surface area contributed by atoms with E-state index in [0.29, 0.717) is 5.56 Å². The van der Waals surface area contributed by atoms with Crippen LogP contribution in [0.15, 0.2) is 30.3 Å². The molecular formula is C14H14N2O3. The van der Waals surface area contributed by atoms with Gasteiger partial charge in [0.25, 0.3) is 0 Å². The molecule has 0 aliphatic carbocycles. The standard InChI is InChI=1S/C14H14N2O3/c1-16(10-9-15)13(17)8-5-11-3-6-12(7-4-11)14(18)19-2/h3-8H,10H2,1-2H3/b8-5-. The molecule has 1 aromatic carbocycles. The van der Waals surface area contributed by atoms with Gasteiger partial charge in [0.15, 0.2) is 0 Å². The number of nitrogens with zero attached hydrogens (tertiary/aromatic N) is 2. The number of hydrogen-bond donors (Lipinski definition) is 0. The smallest absolute Gasteiger partial charge is 0.337 e. The summed E-state index contributed by atoms with van der Waals surface area (Å²) in [6.45, 7) is 0.0461. The summed E-state index contributed by atoms with van der Waals surface area (Å²) in [6, 6.07) is 8.55. The topological polar surface area (TPSA) is 70.4 Å². The minimum Gasteiger partial charge on any atom is -0.465 e. The van der Waals surface area contributed by atoms with Gasteiger partial charge in [0, 0.05) is 13.1 Å². The SMILES string of the molecule is COC(=O)c1ccc(/C=C\C(=O)N(C)CC#N)cc1. The first kappa shape index (κ1) is 14.5. The minimum atomic E-state index is -0.402. The molecule has 0 saturated heterocycles. The third-order valence-electron chi connectivity index (χ3n) is 2.43. The number of rotatable bonds is 4. The molecule has 5 nitrogen and oxygen atoms in total. The van der Waals surface area contributed by atoms with Gasteiger partial charge in [-0.15, -0.1) is 0 Å². The van der Waals surface area contributed by atoms with Crippen LogP contribution in [0.25, 0.3) is 6.08 Å². The highest BCUT2D eigenvalue weighted by Gasteiger charge is 2.04. The molecule has 0 aromatic heterocycles. The lowest BCUT2D eigenvalue weighted by Gasteiger charge is -2.08. The van der Waals surface area contributed by atoms with Crippen molar-refractivity contribution in [2.75, 3.05) is 20.7 Å². The van der Waals surface area contributed by atoms with Crippen LogP contribution in [-0.2, 0) is 9.53 Å². The second-order valence-electron chi connectivity index (χ2n) is 3.80. The Morgan fingerprint density at radius 2 is 2.00 bits per heavy atom. The van der Waals surface area contributed by atoms with Gasteiger partial charge in [0.1, 0.15) is 6.54 Å². The van der Waals surface area contributed by atoms with Crippen LogP contribution in [-0.4, -0.2) is 37.5 Å². The highest BCUT2D eigenvalue weighted by Crippen LogP contribution is 2.07. The summed E-state index contributed by atoms with van der Waals surface area (Å²) >= 11 is 0. The Bertz CT molecular complexity index is 527. The predicted molar refractivity (Wildman–Crippen MR) is 70.1 cm³/mol. The maximum absolute atomic E-state index is 11.5. The van der Waals surface area contributed by atoms with E-state index in [0.717, 1.165) is 5.56 Å². The predicted octanol–water partition coefficient (Wildman–Crippen LogP) is 1.47. The second kappa shape index (κ2) is 6.97. The van der Waals surface area contributed by atoms with E-state index >= 15 is 0 Å². The zero-order valence-electron chi connectivity index (χ0n) is 10.8. The van der Waals surface area contributed by atoms with Gasteiger partial charge in [-0.05, 0) is 23.8 Å². The molecule has 0 atom stereocenters. The summed E-state index contributed by atoms with van der Waals surface area (Å²) < 4.78 is 4.58. The average molecular weight is 258 g/mol. The number of likely N-dealkylation sites (N-methyl/N-ethyl adjacent to an activating group) is 1. The third-order valence-corrected chi connectivity index (χ3v) is 2.43. The lowest BCUT2D eigenvalue weighted by Crippen LogP contribution is -2.24. The Morgan fingerprint density at radius 1 is 1.37 bits per heavy atom. The van der Waals surface area contributed by atoms with E-state index in [2.05, 4.69) is 4.74 Å². The van der Waals surface area contributed by atoms with E-state index in [1.807, 2.05) is 6.07 Å². The molecule has 19 heavy (non-hydrogen) atoms. The van der Waals surface area contributed by atoms with Crippen molar-refractivity contribution in [3.05, 3.63) is 41.5 Å². The van der Waals surface area contributed by atoms with Crippen molar-refractivity contribution in [1.82, 2.24) is 4.90 Å². The highest BCUT2D eigenvalue weighted by molar-refractivity contribution is 5.92. The maximum atomic E-state index is 11.5. The molecule has 98 valence electrons. The lowest BCUT2D eigenvalue weighted by molar-refractivity contribution is -0.124. The molecule has 0 fully saturated rings. The first-order chi connectivity index (χ1) is 9.08. The number of nitriles is 1. The third kappa shape index (κ3) is 4.28. The fourth-order valence-electron chi connectivity index (χ4n) is 1.33. The fraction of sp³-hybridized carbons (Fsp3) is 0.214. The Morgan fingerprint density at radius 3 is 2.53 bits per heavy atom. The van der Waals surface area contributed by atoms with E-state index in [4.69, 9.17) is 5.26 Å². The van der Waals surface area contributed by atoms with Crippen LogP contribution in [0.5, 0.6) is 0 Å². The molecule has 1 rings (SSSR count). The molecule has 0 saturated carbocycles. The molecule has 0 N–H and O–H groups in total. The lowest BCUT2D eigenvalue weighted by atomic mass is 10.1. The number of esters is 1. The number of methoxy groups -OCH3 is 1. The Balaban J connectivity index is 2.70. The summed E-state index contributed by atoms with van der Waals surface area (Å²) in [4.78, 5) is 24.1. The zero-order valence-corrected chi connectivity index (χ0v) is 10.8. The van der Waals surface area contributed by atoms with Crippen molar-refractivity contribution < 1.29 is 14.3 Å². The quantitative estimate of drug-likeness (QED) is 0.466. The van der Waals surface area contributed by atoms with Gasteiger partial charge >= 0.3 is 5.97 Å². The normalized spacial score (nSPS) is 9.95. The average Bonchev–Trinajstić information content (AvgIpc) is 2.44. The van der Waals surface area contributed by atoms with Gasteiger partial charge in [-0.25, -0.2) is 4.79 Å². The van der Waals surface area contributed by atoms with E-state index in [1.165, 1.54) is 18.1 Å². The number of carbonyl (C=O) groups excluding carboxylic acids is 2. The highest BCUT2D eigenvalue weighted by atomic mass is 16.5. The van der Waals surface area contributed by atoms with Crippen LogP contribution in [0, 0.1) is 11.3 Å². The molecule has 0 unspecified atom stereocenters. The fourth-order valence-corrected chi connectivity index (χ4v) is 1.33. The molecule has 5 heteroatoms. The van der Waals surface area contributed by atoms with Crippen LogP contribution in [0.1, 0.15) is 15.9 Å². The molecular weight excluding hydrogens is 244 g/mol. The minimum absolute atomic E-state index is 0.0461. The first-order valence-corrected chi connectivity index (χ1v) is 5.57. The van der Waals surface area contributed by atoms with Crippen LogP contribution in [0.4, 0.5) is 0 Å². The molecule has 0 radical (unpaired) electrons. The van der Waals surface area contributed by atoms with Crippen molar-refractivity contribution >= 4 is 18.0 Å². The van der Waals surface area contributed by atoms with E-state index in [9.17, 15) is 9.59 Å². The van der Waals surface area contributed by atoms with E-state index in [1.54, 1.807) is 37.4 Å². The second-order valence-corrected chi connectivity index (χ2v) is 3.80. The maximum Gasteiger partial charge on any atom is 0.337 e. The summed E-state index contributed by atoms with van der Waals surface area (Å²) in [5.41, 5.74) is 1.24. The Hall–Kier alpha value is -2.61. The summed E-state index contributed by atoms with van der Waals surface area (Å²) in [5.74, 6) is -0.654. The molecule has 0 spiro atoms. The first-order valence-electron chi connectivity index (χ1n) is 5.57. The monoisotopic (exact) mass is 258 g/mol. The Kier molecular flexibility index (Phi) is 5.30. The molecule has 1 aromatic rings. The number of carbonyl (C=O) groups is 2. The van der Waals surface area contributed by atoms with Crippen LogP contribution in [0.2, 0.25) is 0 Å². The van der Waals surface area contributed by atoms with Gasteiger partial charge in [-0.3, -0.25) is 4.79 Å². The Labute approximate surface area is 111 Å². The number of ether oxygens (including phenoxy) is 1. The number of benzene rings is 1. The van der Waals surface area contributed by atoms with E-state index in [-0.39, 0.29) is 12.5 Å². The van der Waals surface area contributed by atoms with Gasteiger partial charge in [-0.2, -0.15) is 5.26 Å². The van der Waals surface area contributed by atoms with Crippen molar-refractivity contribution in [3.63, 3.8) is 0 Å². The molecule has 0 bridgehead atoms. The number of hydrogen-bond acceptors (Lipinski definition) is 4. The van der Waals surface area contributed by atoms with Crippen LogP contribution in [0.3, 0.4) is 0 Å². The van der Waals surface area contributed by atoms with Crippen LogP contribution >= 0.6 is 0 Å². The van der Waals surface area contributed by atoms with Crippen molar-refractivity contribution in [2.24, 2.45) is 0 Å². The van der Waals surface area contributed by atoms with Gasteiger partial charge in [0.2, 0.25) is 5.91 Å². The van der Waals surface area contributed by atoms with Gasteiger partial charge < -0.3 is 9.64 Å². The van der Waals surface area contributed by atoms with Gasteiger partial charge in [-0.1, -0.05) is 12.1 Å². The summed E-state index contributed by atoms with van der Waals surface area (Å²) in [5, 5.41) is 8.46. The van der Waals surface area contributed by atoms with Crippen molar-refractivity contribution in [3.8, 4) is 6.07 Å². The van der Waals surface area contributed by atoms with Gasteiger partial charge in [0.05, 0.1) is 18.7 Å². The largest absolute Gasteiger partial charge is 0.465 e. The van der Waals surface area contributed by atoms with Crippen LogP contribution < -0.4 is 0 Å². The molecule has 0 aliphatic rings. The summed E-state index contributed by atoms with van der Waals surface area (Å²) in [7, 11) is 2.87. The van der Waals surface area contributed by atoms with Crippen molar-refractivity contribution in [2.45, 2.75) is 0 Å². The zero-order chi connectivity index (χ0) is 14.3. The van der Waals surface area contributed by atoms with E-state index < -0.39 is 5.97 Å².